The van der Waals surface area contributed by atoms with Gasteiger partial charge in [-0.3, -0.25) is 4.79 Å². The van der Waals surface area contributed by atoms with Crippen molar-refractivity contribution in [1.29, 1.82) is 0 Å². The van der Waals surface area contributed by atoms with E-state index in [9.17, 15) is 4.79 Å². The van der Waals surface area contributed by atoms with Crippen molar-refractivity contribution >= 4 is 11.6 Å². The smallest absolute Gasteiger partial charge is 0.224 e. The van der Waals surface area contributed by atoms with Gasteiger partial charge in [-0.15, -0.1) is 0 Å². The molecule has 0 aromatic heterocycles. The topological polar surface area (TPSA) is 38.3 Å². The average molecular weight is 345 g/mol. The normalized spacial score (nSPS) is 10.4. The van der Waals surface area contributed by atoms with E-state index in [2.05, 4.69) is 18.3 Å². The van der Waals surface area contributed by atoms with Gasteiger partial charge in [0, 0.05) is 12.1 Å². The number of amides is 1. The molecule has 1 amide bonds. The predicted octanol–water partition coefficient (Wildman–Crippen LogP) is 5.67. The molecule has 0 bridgehead atoms. The van der Waals surface area contributed by atoms with Gasteiger partial charge in [-0.05, 0) is 67.3 Å². The summed E-state index contributed by atoms with van der Waals surface area (Å²) in [5, 5.41) is 2.93. The Hall–Kier alpha value is -3.07. The quantitative estimate of drug-likeness (QED) is 0.625. The average Bonchev–Trinajstić information content (AvgIpc) is 2.66. The van der Waals surface area contributed by atoms with Gasteiger partial charge in [0.15, 0.2) is 0 Å². The predicted molar refractivity (Wildman–Crippen MR) is 106 cm³/mol. The first-order chi connectivity index (χ1) is 12.6. The van der Waals surface area contributed by atoms with Gasteiger partial charge in [0.1, 0.15) is 11.5 Å². The number of ether oxygens (including phenoxy) is 1. The summed E-state index contributed by atoms with van der Waals surface area (Å²) in [6, 6.07) is 23.5. The molecule has 3 rings (SSSR count). The zero-order valence-corrected chi connectivity index (χ0v) is 15.2. The first-order valence-electron chi connectivity index (χ1n) is 8.80. The van der Waals surface area contributed by atoms with Crippen LogP contribution in [0, 0.1) is 13.8 Å². The van der Waals surface area contributed by atoms with Crippen molar-refractivity contribution in [2.24, 2.45) is 0 Å². The summed E-state index contributed by atoms with van der Waals surface area (Å²) >= 11 is 0. The van der Waals surface area contributed by atoms with Crippen molar-refractivity contribution < 1.29 is 9.53 Å². The summed E-state index contributed by atoms with van der Waals surface area (Å²) in [4.78, 5) is 12.1. The molecule has 26 heavy (non-hydrogen) atoms. The molecule has 3 aromatic carbocycles. The number of carbonyl (C=O) groups excluding carboxylic acids is 1. The molecule has 0 fully saturated rings. The van der Waals surface area contributed by atoms with Crippen LogP contribution < -0.4 is 10.1 Å². The third-order valence-corrected chi connectivity index (χ3v) is 4.40. The first-order valence-corrected chi connectivity index (χ1v) is 8.80. The fourth-order valence-electron chi connectivity index (χ4n) is 2.69. The second kappa shape index (κ2) is 8.34. The van der Waals surface area contributed by atoms with E-state index in [0.29, 0.717) is 6.42 Å². The fraction of sp³-hybridized carbons (Fsp3) is 0.174. The minimum atomic E-state index is 0.0112. The molecule has 0 aliphatic rings. The molecule has 0 spiro atoms. The second-order valence-electron chi connectivity index (χ2n) is 6.36. The molecule has 0 saturated carbocycles. The third kappa shape index (κ3) is 4.73. The summed E-state index contributed by atoms with van der Waals surface area (Å²) in [6.07, 6.45) is 1.20. The van der Waals surface area contributed by atoms with Crippen LogP contribution in [0.1, 0.15) is 23.1 Å². The first kappa shape index (κ1) is 17.7. The SMILES string of the molecule is Cc1cccc(Oc2ccc(NC(=O)CCc3ccccc3)cc2)c1C. The number of nitrogens with one attached hydrogen (secondary N) is 1. The Kier molecular flexibility index (Phi) is 5.69. The summed E-state index contributed by atoms with van der Waals surface area (Å²) in [5.41, 5.74) is 4.27. The number of benzene rings is 3. The lowest BCUT2D eigenvalue weighted by atomic mass is 10.1. The van der Waals surface area contributed by atoms with E-state index in [4.69, 9.17) is 4.74 Å². The van der Waals surface area contributed by atoms with Gasteiger partial charge < -0.3 is 10.1 Å². The number of rotatable bonds is 6. The van der Waals surface area contributed by atoms with Crippen LogP contribution in [-0.4, -0.2) is 5.91 Å². The number of hydrogen-bond acceptors (Lipinski definition) is 2. The Balaban J connectivity index is 1.55. The molecule has 132 valence electrons. The molecule has 0 aliphatic carbocycles. The molecule has 0 atom stereocenters. The van der Waals surface area contributed by atoms with E-state index in [1.54, 1.807) is 0 Å². The molecular formula is C23H23NO2. The van der Waals surface area contributed by atoms with Crippen molar-refractivity contribution in [1.82, 2.24) is 0 Å². The van der Waals surface area contributed by atoms with E-state index < -0.39 is 0 Å². The highest BCUT2D eigenvalue weighted by atomic mass is 16.5. The van der Waals surface area contributed by atoms with Crippen LogP contribution in [0.3, 0.4) is 0 Å². The lowest BCUT2D eigenvalue weighted by molar-refractivity contribution is -0.116. The summed E-state index contributed by atoms with van der Waals surface area (Å²) < 4.78 is 5.94. The molecule has 0 aliphatic heterocycles. The van der Waals surface area contributed by atoms with Crippen molar-refractivity contribution in [3.05, 3.63) is 89.5 Å². The third-order valence-electron chi connectivity index (χ3n) is 4.40. The minimum absolute atomic E-state index is 0.0112. The maximum Gasteiger partial charge on any atom is 0.224 e. The van der Waals surface area contributed by atoms with Crippen LogP contribution >= 0.6 is 0 Å². The monoisotopic (exact) mass is 345 g/mol. The van der Waals surface area contributed by atoms with Crippen molar-refractivity contribution in [3.63, 3.8) is 0 Å². The van der Waals surface area contributed by atoms with E-state index >= 15 is 0 Å². The van der Waals surface area contributed by atoms with Crippen molar-refractivity contribution in [2.45, 2.75) is 26.7 Å². The molecule has 1 N–H and O–H groups in total. The zero-order valence-electron chi connectivity index (χ0n) is 15.2. The van der Waals surface area contributed by atoms with Crippen molar-refractivity contribution in [3.8, 4) is 11.5 Å². The number of aryl methyl sites for hydroxylation is 2. The van der Waals surface area contributed by atoms with E-state index in [1.807, 2.05) is 73.7 Å². The number of hydrogen-bond donors (Lipinski definition) is 1. The van der Waals surface area contributed by atoms with Crippen LogP contribution in [0.15, 0.2) is 72.8 Å². The Labute approximate surface area is 154 Å². The van der Waals surface area contributed by atoms with Gasteiger partial charge >= 0.3 is 0 Å². The van der Waals surface area contributed by atoms with E-state index in [1.165, 1.54) is 11.1 Å². The Morgan fingerprint density at radius 3 is 2.35 bits per heavy atom. The maximum absolute atomic E-state index is 12.1. The lowest BCUT2D eigenvalue weighted by Gasteiger charge is -2.11. The molecule has 3 heteroatoms. The standard InChI is InChI=1S/C23H23NO2/c1-17-7-6-10-22(18(17)2)26-21-14-12-20(13-15-21)24-23(25)16-11-19-8-4-3-5-9-19/h3-10,12-15H,11,16H2,1-2H3,(H,24,25). The van der Waals surface area contributed by atoms with Crippen molar-refractivity contribution in [2.75, 3.05) is 5.32 Å². The van der Waals surface area contributed by atoms with Crippen LogP contribution in [0.2, 0.25) is 0 Å². The highest BCUT2D eigenvalue weighted by Gasteiger charge is 2.06. The highest BCUT2D eigenvalue weighted by molar-refractivity contribution is 5.90. The summed E-state index contributed by atoms with van der Waals surface area (Å²) in [6.45, 7) is 4.11. The lowest BCUT2D eigenvalue weighted by Crippen LogP contribution is -2.12. The van der Waals surface area contributed by atoms with E-state index in [0.717, 1.165) is 29.2 Å². The molecule has 0 saturated heterocycles. The molecule has 0 unspecified atom stereocenters. The Morgan fingerprint density at radius 2 is 1.62 bits per heavy atom. The second-order valence-corrected chi connectivity index (χ2v) is 6.36. The number of carbonyl (C=O) groups is 1. The molecule has 3 nitrogen and oxygen atoms in total. The number of anilines is 1. The van der Waals surface area contributed by atoms with Gasteiger partial charge in [-0.2, -0.15) is 0 Å². The Bertz CT molecular complexity index is 870. The van der Waals surface area contributed by atoms with Crippen LogP contribution in [0.5, 0.6) is 11.5 Å². The van der Waals surface area contributed by atoms with Gasteiger partial charge in [0.2, 0.25) is 5.91 Å². The molecular weight excluding hydrogens is 322 g/mol. The molecule has 3 aromatic rings. The minimum Gasteiger partial charge on any atom is -0.457 e. The zero-order chi connectivity index (χ0) is 18.4. The van der Waals surface area contributed by atoms with Gasteiger partial charge in [0.05, 0.1) is 0 Å². The van der Waals surface area contributed by atoms with Crippen LogP contribution in [0.4, 0.5) is 5.69 Å². The van der Waals surface area contributed by atoms with Gasteiger partial charge in [-0.25, -0.2) is 0 Å². The van der Waals surface area contributed by atoms with Gasteiger partial charge in [0.25, 0.3) is 0 Å². The molecule has 0 heterocycles. The maximum atomic E-state index is 12.1. The van der Waals surface area contributed by atoms with E-state index in [-0.39, 0.29) is 5.91 Å². The summed E-state index contributed by atoms with van der Waals surface area (Å²) in [5.74, 6) is 1.61. The highest BCUT2D eigenvalue weighted by Crippen LogP contribution is 2.27. The Morgan fingerprint density at radius 1 is 0.885 bits per heavy atom. The van der Waals surface area contributed by atoms with Crippen LogP contribution in [-0.2, 0) is 11.2 Å². The van der Waals surface area contributed by atoms with Gasteiger partial charge in [-0.1, -0.05) is 42.5 Å². The molecule has 0 radical (unpaired) electrons. The van der Waals surface area contributed by atoms with Crippen LogP contribution in [0.25, 0.3) is 0 Å². The summed E-state index contributed by atoms with van der Waals surface area (Å²) in [7, 11) is 0. The largest absolute Gasteiger partial charge is 0.457 e. The fourth-order valence-corrected chi connectivity index (χ4v) is 2.69.